The summed E-state index contributed by atoms with van der Waals surface area (Å²) in [4.78, 5) is 6.55. The number of hydrogen-bond donors (Lipinski definition) is 1. The van der Waals surface area contributed by atoms with Crippen molar-refractivity contribution < 1.29 is 13.2 Å². The molecule has 1 heterocycles. The van der Waals surface area contributed by atoms with Gasteiger partial charge < -0.3 is 5.32 Å². The molecule has 100 valence electrons. The van der Waals surface area contributed by atoms with Crippen molar-refractivity contribution in [3.8, 4) is 0 Å². The molecule has 19 heavy (non-hydrogen) atoms. The summed E-state index contributed by atoms with van der Waals surface area (Å²) in [5.74, 6) is -1.28. The summed E-state index contributed by atoms with van der Waals surface area (Å²) in [6.07, 6.45) is -4.63. The fourth-order valence-corrected chi connectivity index (χ4v) is 2.05. The van der Waals surface area contributed by atoms with Crippen LogP contribution in [0.4, 0.5) is 24.7 Å². The molecule has 0 saturated carbocycles. The largest absolute Gasteiger partial charge is 0.451 e. The Balaban J connectivity index is 2.33. The zero-order chi connectivity index (χ0) is 14.0. The van der Waals surface area contributed by atoms with E-state index in [9.17, 15) is 13.2 Å². The van der Waals surface area contributed by atoms with Gasteiger partial charge in [0.05, 0.1) is 0 Å². The van der Waals surface area contributed by atoms with Crippen LogP contribution in [-0.4, -0.2) is 9.97 Å². The van der Waals surface area contributed by atoms with E-state index in [1.807, 2.05) is 6.07 Å². The van der Waals surface area contributed by atoms with E-state index in [0.29, 0.717) is 5.69 Å². The minimum atomic E-state index is -4.63. The molecule has 0 bridgehead atoms. The second kappa shape index (κ2) is 5.49. The first-order valence-corrected chi connectivity index (χ1v) is 6.44. The SMILES string of the molecule is FC(F)(F)c1nc(Cl)cc(Nc2cccc(I)c2)n1. The molecule has 8 heteroatoms. The van der Waals surface area contributed by atoms with Gasteiger partial charge in [0.25, 0.3) is 0 Å². The maximum absolute atomic E-state index is 12.5. The lowest BCUT2D eigenvalue weighted by Crippen LogP contribution is -2.12. The normalized spacial score (nSPS) is 11.4. The number of benzene rings is 1. The van der Waals surface area contributed by atoms with Gasteiger partial charge >= 0.3 is 6.18 Å². The predicted molar refractivity (Wildman–Crippen MR) is 74.5 cm³/mol. The quantitative estimate of drug-likeness (QED) is 0.597. The molecule has 0 aliphatic rings. The van der Waals surface area contributed by atoms with E-state index in [2.05, 4.69) is 37.9 Å². The molecule has 0 radical (unpaired) electrons. The van der Waals surface area contributed by atoms with Gasteiger partial charge in [0.2, 0.25) is 5.82 Å². The third kappa shape index (κ3) is 3.93. The van der Waals surface area contributed by atoms with E-state index >= 15 is 0 Å². The first-order chi connectivity index (χ1) is 8.84. The average Bonchev–Trinajstić information content (AvgIpc) is 2.26. The van der Waals surface area contributed by atoms with Gasteiger partial charge in [-0.1, -0.05) is 17.7 Å². The molecule has 1 aromatic heterocycles. The van der Waals surface area contributed by atoms with Crippen molar-refractivity contribution in [1.29, 1.82) is 0 Å². The van der Waals surface area contributed by atoms with Crippen LogP contribution in [-0.2, 0) is 6.18 Å². The van der Waals surface area contributed by atoms with Crippen LogP contribution in [0.2, 0.25) is 5.15 Å². The van der Waals surface area contributed by atoms with Crippen molar-refractivity contribution in [1.82, 2.24) is 9.97 Å². The summed E-state index contributed by atoms with van der Waals surface area (Å²) >= 11 is 7.66. The highest BCUT2D eigenvalue weighted by molar-refractivity contribution is 14.1. The van der Waals surface area contributed by atoms with Gasteiger partial charge in [-0.3, -0.25) is 0 Å². The average molecular weight is 400 g/mol. The molecule has 0 aliphatic heterocycles. The van der Waals surface area contributed by atoms with Crippen LogP contribution < -0.4 is 5.32 Å². The topological polar surface area (TPSA) is 37.8 Å². The Morgan fingerprint density at radius 1 is 1.16 bits per heavy atom. The lowest BCUT2D eigenvalue weighted by Gasteiger charge is -2.09. The van der Waals surface area contributed by atoms with E-state index < -0.39 is 12.0 Å². The van der Waals surface area contributed by atoms with E-state index in [4.69, 9.17) is 11.6 Å². The van der Waals surface area contributed by atoms with Crippen LogP contribution in [0.15, 0.2) is 30.3 Å². The zero-order valence-electron chi connectivity index (χ0n) is 9.17. The number of alkyl halides is 3. The van der Waals surface area contributed by atoms with Gasteiger partial charge in [-0.2, -0.15) is 13.2 Å². The molecule has 0 amide bonds. The number of nitrogens with zero attached hydrogens (tertiary/aromatic N) is 2. The molecule has 1 aromatic carbocycles. The Hall–Kier alpha value is -1.09. The Labute approximate surface area is 125 Å². The summed E-state index contributed by atoms with van der Waals surface area (Å²) < 4.78 is 38.6. The lowest BCUT2D eigenvalue weighted by molar-refractivity contribution is -0.144. The fraction of sp³-hybridized carbons (Fsp3) is 0.0909. The highest BCUT2D eigenvalue weighted by Gasteiger charge is 2.35. The van der Waals surface area contributed by atoms with Crippen LogP contribution in [0, 0.1) is 3.57 Å². The molecule has 2 rings (SSSR count). The molecule has 3 nitrogen and oxygen atoms in total. The molecule has 1 N–H and O–H groups in total. The van der Waals surface area contributed by atoms with Crippen molar-refractivity contribution in [2.75, 3.05) is 5.32 Å². The van der Waals surface area contributed by atoms with Crippen molar-refractivity contribution in [2.45, 2.75) is 6.18 Å². The minimum Gasteiger partial charge on any atom is -0.340 e. The third-order valence-corrected chi connectivity index (χ3v) is 2.91. The smallest absolute Gasteiger partial charge is 0.340 e. The van der Waals surface area contributed by atoms with Crippen LogP contribution in [0.25, 0.3) is 0 Å². The first kappa shape index (κ1) is 14.3. The van der Waals surface area contributed by atoms with Gasteiger partial charge in [-0.05, 0) is 40.8 Å². The molecule has 0 spiro atoms. The minimum absolute atomic E-state index is 0.00525. The Kier molecular flexibility index (Phi) is 4.14. The van der Waals surface area contributed by atoms with Crippen LogP contribution in [0.3, 0.4) is 0 Å². The van der Waals surface area contributed by atoms with Gasteiger partial charge in [0.1, 0.15) is 11.0 Å². The van der Waals surface area contributed by atoms with E-state index in [0.717, 1.165) is 3.57 Å². The second-order valence-electron chi connectivity index (χ2n) is 3.53. The fourth-order valence-electron chi connectivity index (χ4n) is 1.32. The third-order valence-electron chi connectivity index (χ3n) is 2.05. The molecule has 0 atom stereocenters. The summed E-state index contributed by atoms with van der Waals surface area (Å²) in [6, 6.07) is 8.35. The van der Waals surface area contributed by atoms with E-state index in [1.54, 1.807) is 18.2 Å². The Bertz CT molecular complexity index is 604. The molecule has 0 aliphatic carbocycles. The van der Waals surface area contributed by atoms with E-state index in [-0.39, 0.29) is 11.0 Å². The molecule has 0 unspecified atom stereocenters. The standard InChI is InChI=1S/C11H6ClF3IN3/c12-8-5-9(19-10(18-8)11(13,14)15)17-7-3-1-2-6(16)4-7/h1-5H,(H,17,18,19). The first-order valence-electron chi connectivity index (χ1n) is 4.99. The Morgan fingerprint density at radius 2 is 1.89 bits per heavy atom. The molecular weight excluding hydrogens is 393 g/mol. The number of anilines is 2. The second-order valence-corrected chi connectivity index (χ2v) is 5.17. The summed E-state index contributed by atoms with van der Waals surface area (Å²) in [6.45, 7) is 0. The van der Waals surface area contributed by atoms with Crippen molar-refractivity contribution in [3.63, 3.8) is 0 Å². The summed E-state index contributed by atoms with van der Waals surface area (Å²) in [5.41, 5.74) is 0.620. The van der Waals surface area contributed by atoms with Gasteiger partial charge in [0.15, 0.2) is 0 Å². The van der Waals surface area contributed by atoms with Crippen LogP contribution >= 0.6 is 34.2 Å². The summed E-state index contributed by atoms with van der Waals surface area (Å²) in [7, 11) is 0. The molecule has 2 aromatic rings. The van der Waals surface area contributed by atoms with Crippen LogP contribution in [0.1, 0.15) is 5.82 Å². The number of nitrogens with one attached hydrogen (secondary N) is 1. The van der Waals surface area contributed by atoms with Crippen LogP contribution in [0.5, 0.6) is 0 Å². The number of rotatable bonds is 2. The highest BCUT2D eigenvalue weighted by atomic mass is 127. The van der Waals surface area contributed by atoms with Gasteiger partial charge in [0, 0.05) is 15.3 Å². The number of halogens is 5. The maximum Gasteiger partial charge on any atom is 0.451 e. The number of hydrogen-bond acceptors (Lipinski definition) is 3. The van der Waals surface area contributed by atoms with Crippen molar-refractivity contribution >= 4 is 45.7 Å². The monoisotopic (exact) mass is 399 g/mol. The maximum atomic E-state index is 12.5. The molecule has 0 fully saturated rings. The zero-order valence-corrected chi connectivity index (χ0v) is 12.1. The Morgan fingerprint density at radius 3 is 2.53 bits per heavy atom. The highest BCUT2D eigenvalue weighted by Crippen LogP contribution is 2.29. The molecular formula is C11H6ClF3IN3. The number of aromatic nitrogens is 2. The van der Waals surface area contributed by atoms with Crippen molar-refractivity contribution in [3.05, 3.63) is 44.9 Å². The summed E-state index contributed by atoms with van der Waals surface area (Å²) in [5, 5.41) is 2.49. The predicted octanol–water partition coefficient (Wildman–Crippen LogP) is 4.50. The van der Waals surface area contributed by atoms with Gasteiger partial charge in [-0.25, -0.2) is 9.97 Å². The lowest BCUT2D eigenvalue weighted by atomic mass is 10.3. The molecule has 0 saturated heterocycles. The van der Waals surface area contributed by atoms with Crippen molar-refractivity contribution in [2.24, 2.45) is 0 Å². The van der Waals surface area contributed by atoms with E-state index in [1.165, 1.54) is 6.07 Å². The van der Waals surface area contributed by atoms with Gasteiger partial charge in [-0.15, -0.1) is 0 Å².